The number of pyridine rings is 3. The third-order valence-corrected chi connectivity index (χ3v) is 7.30. The highest BCUT2D eigenvalue weighted by atomic mass is 16.5. The number of hydrogen-bond donors (Lipinski definition) is 2. The Hall–Kier alpha value is -5.90. The maximum Gasteiger partial charge on any atom is 0.314 e. The fraction of sp³-hybridized carbons (Fsp3) is 0.118. The molecule has 0 radical (unpaired) electrons. The Balaban J connectivity index is 1.30. The highest BCUT2D eigenvalue weighted by molar-refractivity contribution is 5.92. The number of nitrogens with zero attached hydrogens (tertiary/aromatic N) is 5. The summed E-state index contributed by atoms with van der Waals surface area (Å²) in [6.45, 7) is 1.97. The standard InChI is InChI=1S/C34H29N7O3/c1-21(34(43)44-2)26-11-6-12-29(38-26)33(42)37-20-22-13-15-24(16-14-22)41-31(25-10-7-19-36-30(25)35)40-28-18-17-27(39-32(28)41)23-8-4-3-5-9-23/h3-19,21H,20H2,1-2H3,(H2,35,36)(H,37,42). The van der Waals surface area contributed by atoms with Gasteiger partial charge in [0.05, 0.1) is 30.0 Å². The van der Waals surface area contributed by atoms with Gasteiger partial charge < -0.3 is 15.8 Å². The first kappa shape index (κ1) is 28.2. The van der Waals surface area contributed by atoms with Crippen molar-refractivity contribution in [1.29, 1.82) is 0 Å². The number of benzene rings is 2. The van der Waals surface area contributed by atoms with Gasteiger partial charge in [-0.1, -0.05) is 48.5 Å². The number of anilines is 1. The molecule has 1 unspecified atom stereocenters. The van der Waals surface area contributed by atoms with Gasteiger partial charge in [0.1, 0.15) is 17.0 Å². The number of hydrogen-bond acceptors (Lipinski definition) is 8. The van der Waals surface area contributed by atoms with Gasteiger partial charge in [0.25, 0.3) is 5.91 Å². The number of ether oxygens (including phenoxy) is 1. The Morgan fingerprint density at radius 1 is 0.886 bits per heavy atom. The van der Waals surface area contributed by atoms with E-state index in [-0.39, 0.29) is 18.1 Å². The molecule has 44 heavy (non-hydrogen) atoms. The molecule has 1 atom stereocenters. The van der Waals surface area contributed by atoms with Crippen LogP contribution in [0.2, 0.25) is 0 Å². The van der Waals surface area contributed by atoms with Crippen molar-refractivity contribution in [2.24, 2.45) is 0 Å². The molecule has 0 aliphatic heterocycles. The molecule has 2 aromatic carbocycles. The second kappa shape index (κ2) is 12.1. The Morgan fingerprint density at radius 2 is 1.68 bits per heavy atom. The summed E-state index contributed by atoms with van der Waals surface area (Å²) in [6, 6.07) is 30.4. The SMILES string of the molecule is COC(=O)C(C)c1cccc(C(=O)NCc2ccc(-n3c(-c4cccnc4N)nc4ccc(-c5ccccc5)nc43)cc2)n1. The van der Waals surface area contributed by atoms with Gasteiger partial charge in [0.2, 0.25) is 0 Å². The number of carbonyl (C=O) groups excluding carboxylic acids is 2. The lowest BCUT2D eigenvalue weighted by atomic mass is 10.1. The van der Waals surface area contributed by atoms with Crippen molar-refractivity contribution in [3.05, 3.63) is 120 Å². The Morgan fingerprint density at radius 3 is 2.43 bits per heavy atom. The van der Waals surface area contributed by atoms with E-state index in [0.717, 1.165) is 28.0 Å². The number of aromatic nitrogens is 5. The van der Waals surface area contributed by atoms with Gasteiger partial charge >= 0.3 is 5.97 Å². The van der Waals surface area contributed by atoms with Crippen LogP contribution in [0.3, 0.4) is 0 Å². The third kappa shape index (κ3) is 5.60. The molecule has 4 aromatic heterocycles. The van der Waals surface area contributed by atoms with Gasteiger partial charge in [-0.3, -0.25) is 14.2 Å². The zero-order valence-corrected chi connectivity index (χ0v) is 24.1. The average Bonchev–Trinajstić information content (AvgIpc) is 3.46. The number of amides is 1. The van der Waals surface area contributed by atoms with Gasteiger partial charge in [0, 0.05) is 24.0 Å². The van der Waals surface area contributed by atoms with Crippen molar-refractivity contribution in [2.45, 2.75) is 19.4 Å². The molecule has 218 valence electrons. The van der Waals surface area contributed by atoms with Gasteiger partial charge in [-0.25, -0.2) is 19.9 Å². The molecule has 0 spiro atoms. The number of nitrogens with one attached hydrogen (secondary N) is 1. The summed E-state index contributed by atoms with van der Waals surface area (Å²) in [6.07, 6.45) is 1.65. The van der Waals surface area contributed by atoms with Crippen LogP contribution >= 0.6 is 0 Å². The first-order valence-electron chi connectivity index (χ1n) is 14.0. The number of imidazole rings is 1. The summed E-state index contributed by atoms with van der Waals surface area (Å²) in [7, 11) is 1.32. The Bertz CT molecular complexity index is 1970. The fourth-order valence-corrected chi connectivity index (χ4v) is 4.91. The highest BCUT2D eigenvalue weighted by Crippen LogP contribution is 2.31. The average molecular weight is 584 g/mol. The Labute approximate surface area is 253 Å². The van der Waals surface area contributed by atoms with Crippen LogP contribution in [0.4, 0.5) is 5.82 Å². The molecule has 1 amide bonds. The number of carbonyl (C=O) groups is 2. The van der Waals surface area contributed by atoms with Gasteiger partial charge in [-0.15, -0.1) is 0 Å². The van der Waals surface area contributed by atoms with Gasteiger partial charge in [0.15, 0.2) is 11.5 Å². The second-order valence-corrected chi connectivity index (χ2v) is 10.2. The molecule has 0 aliphatic carbocycles. The topological polar surface area (TPSA) is 138 Å². The van der Waals surface area contributed by atoms with Crippen molar-refractivity contribution in [3.8, 4) is 28.3 Å². The maximum atomic E-state index is 12.9. The van der Waals surface area contributed by atoms with Crippen molar-refractivity contribution >= 4 is 28.9 Å². The minimum absolute atomic E-state index is 0.221. The van der Waals surface area contributed by atoms with Crippen LogP contribution in [0.15, 0.2) is 103 Å². The van der Waals surface area contributed by atoms with E-state index >= 15 is 0 Å². The minimum Gasteiger partial charge on any atom is -0.469 e. The predicted molar refractivity (Wildman–Crippen MR) is 168 cm³/mol. The monoisotopic (exact) mass is 583 g/mol. The van der Waals surface area contributed by atoms with Crippen molar-refractivity contribution < 1.29 is 14.3 Å². The number of esters is 1. The number of nitrogens with two attached hydrogens (primary N) is 1. The predicted octanol–water partition coefficient (Wildman–Crippen LogP) is 5.33. The first-order valence-corrected chi connectivity index (χ1v) is 14.0. The molecule has 0 aliphatic rings. The zero-order valence-electron chi connectivity index (χ0n) is 24.1. The van der Waals surface area contributed by atoms with Crippen LogP contribution in [0, 0.1) is 0 Å². The van der Waals surface area contributed by atoms with Crippen molar-refractivity contribution in [1.82, 2.24) is 29.8 Å². The third-order valence-electron chi connectivity index (χ3n) is 7.30. The van der Waals surface area contributed by atoms with Crippen molar-refractivity contribution in [2.75, 3.05) is 12.8 Å². The summed E-state index contributed by atoms with van der Waals surface area (Å²) in [4.78, 5) is 43.3. The molecule has 6 aromatic rings. The maximum absolute atomic E-state index is 12.9. The van der Waals surface area contributed by atoms with E-state index in [1.165, 1.54) is 7.11 Å². The summed E-state index contributed by atoms with van der Waals surface area (Å²) in [5.74, 6) is -0.353. The summed E-state index contributed by atoms with van der Waals surface area (Å²) in [5, 5.41) is 2.90. The molecule has 0 saturated heterocycles. The minimum atomic E-state index is -0.579. The molecule has 0 fully saturated rings. The van der Waals surface area contributed by atoms with E-state index in [4.69, 9.17) is 20.4 Å². The molecule has 3 N–H and O–H groups in total. The number of rotatable bonds is 8. The molecule has 10 heteroatoms. The number of fused-ring (bicyclic) bond motifs is 1. The molecule has 10 nitrogen and oxygen atoms in total. The molecular weight excluding hydrogens is 554 g/mol. The first-order chi connectivity index (χ1) is 21.4. The van der Waals surface area contributed by atoms with Gasteiger partial charge in [-0.05, 0) is 61.0 Å². The highest BCUT2D eigenvalue weighted by Gasteiger charge is 2.20. The molecule has 0 bridgehead atoms. The van der Waals surface area contributed by atoms with Crippen LogP contribution in [-0.2, 0) is 16.1 Å². The van der Waals surface area contributed by atoms with Crippen molar-refractivity contribution in [3.63, 3.8) is 0 Å². The van der Waals surface area contributed by atoms with Crippen LogP contribution in [0.1, 0.15) is 34.6 Å². The zero-order chi connectivity index (χ0) is 30.6. The van der Waals surface area contributed by atoms with Gasteiger partial charge in [-0.2, -0.15) is 0 Å². The van der Waals surface area contributed by atoms with Crippen LogP contribution in [0.5, 0.6) is 0 Å². The molecule has 4 heterocycles. The number of methoxy groups -OCH3 is 1. The lowest BCUT2D eigenvalue weighted by molar-refractivity contribution is -0.142. The van der Waals surface area contributed by atoms with E-state index in [1.54, 1.807) is 31.3 Å². The van der Waals surface area contributed by atoms with Crippen LogP contribution in [-0.4, -0.2) is 43.5 Å². The van der Waals surface area contributed by atoms with E-state index in [2.05, 4.69) is 15.3 Å². The van der Waals surface area contributed by atoms with Crippen LogP contribution in [0.25, 0.3) is 39.5 Å². The smallest absolute Gasteiger partial charge is 0.314 e. The van der Waals surface area contributed by atoms with E-state index in [1.807, 2.05) is 83.4 Å². The molecular formula is C34H29N7O3. The molecule has 6 rings (SSSR count). The summed E-state index contributed by atoms with van der Waals surface area (Å²) < 4.78 is 6.77. The van der Waals surface area contributed by atoms with E-state index in [0.29, 0.717) is 28.5 Å². The number of nitrogen functional groups attached to an aromatic ring is 1. The summed E-state index contributed by atoms with van der Waals surface area (Å²) in [5.41, 5.74) is 12.6. The fourth-order valence-electron chi connectivity index (χ4n) is 4.91. The lowest BCUT2D eigenvalue weighted by Crippen LogP contribution is -2.24. The normalized spacial score (nSPS) is 11.7. The van der Waals surface area contributed by atoms with E-state index < -0.39 is 11.9 Å². The second-order valence-electron chi connectivity index (χ2n) is 10.2. The van der Waals surface area contributed by atoms with E-state index in [9.17, 15) is 9.59 Å². The molecule has 0 saturated carbocycles. The summed E-state index contributed by atoms with van der Waals surface area (Å²) >= 11 is 0. The van der Waals surface area contributed by atoms with Crippen LogP contribution < -0.4 is 11.1 Å². The quantitative estimate of drug-likeness (QED) is 0.229. The lowest BCUT2D eigenvalue weighted by Gasteiger charge is -2.12. The Kier molecular flexibility index (Phi) is 7.79. The largest absolute Gasteiger partial charge is 0.469 e.